The third-order valence-electron chi connectivity index (χ3n) is 2.99. The van der Waals surface area contributed by atoms with Gasteiger partial charge < -0.3 is 10.5 Å². The molecule has 1 fully saturated rings. The highest BCUT2D eigenvalue weighted by Gasteiger charge is 2.35. The molecule has 1 aromatic carbocycles. The molecule has 1 aliphatic rings. The normalized spacial score (nSPS) is 25.2. The van der Waals surface area contributed by atoms with Gasteiger partial charge in [-0.2, -0.15) is 13.2 Å². The van der Waals surface area contributed by atoms with Gasteiger partial charge in [-0.25, -0.2) is 4.39 Å². The zero-order chi connectivity index (χ0) is 13.3. The molecule has 2 nitrogen and oxygen atoms in total. The summed E-state index contributed by atoms with van der Waals surface area (Å²) in [6.07, 6.45) is -4.06. The lowest BCUT2D eigenvalue weighted by molar-refractivity contribution is -0.140. The zero-order valence-corrected chi connectivity index (χ0v) is 9.51. The summed E-state index contributed by atoms with van der Waals surface area (Å²) in [6.45, 7) is 0.407. The van der Waals surface area contributed by atoms with Crippen molar-refractivity contribution in [2.45, 2.75) is 31.2 Å². The Morgan fingerprint density at radius 1 is 1.28 bits per heavy atom. The first-order chi connectivity index (χ1) is 8.38. The number of ether oxygens (including phenoxy) is 1. The van der Waals surface area contributed by atoms with E-state index in [0.29, 0.717) is 25.0 Å². The van der Waals surface area contributed by atoms with Gasteiger partial charge in [-0.05, 0) is 30.5 Å². The fourth-order valence-electron chi connectivity index (χ4n) is 2.02. The van der Waals surface area contributed by atoms with E-state index in [1.54, 1.807) is 0 Å². The highest BCUT2D eigenvalue weighted by molar-refractivity contribution is 5.29. The van der Waals surface area contributed by atoms with Gasteiger partial charge in [-0.15, -0.1) is 0 Å². The maximum absolute atomic E-state index is 13.1. The van der Waals surface area contributed by atoms with Crippen molar-refractivity contribution >= 4 is 0 Å². The van der Waals surface area contributed by atoms with Crippen molar-refractivity contribution in [3.63, 3.8) is 0 Å². The monoisotopic (exact) mass is 263 g/mol. The number of alkyl halides is 3. The first-order valence-electron chi connectivity index (χ1n) is 5.62. The molecule has 0 aliphatic carbocycles. The van der Waals surface area contributed by atoms with E-state index in [2.05, 4.69) is 0 Å². The lowest BCUT2D eigenvalue weighted by Crippen LogP contribution is -2.30. The van der Waals surface area contributed by atoms with Crippen LogP contribution in [0.2, 0.25) is 0 Å². The van der Waals surface area contributed by atoms with E-state index in [0.717, 1.165) is 12.1 Å². The SMILES string of the molecule is NC1CCOC(c2ccc(F)c(C(F)(F)F)c2)C1. The Kier molecular flexibility index (Phi) is 3.59. The Morgan fingerprint density at radius 3 is 2.61 bits per heavy atom. The Labute approximate surface area is 102 Å². The highest BCUT2D eigenvalue weighted by atomic mass is 19.4. The Morgan fingerprint density at radius 2 is 2.00 bits per heavy atom. The number of hydrogen-bond donors (Lipinski definition) is 1. The van der Waals surface area contributed by atoms with Crippen LogP contribution in [0, 0.1) is 5.82 Å². The summed E-state index contributed by atoms with van der Waals surface area (Å²) < 4.78 is 56.2. The van der Waals surface area contributed by atoms with E-state index in [1.165, 1.54) is 6.07 Å². The van der Waals surface area contributed by atoms with Crippen LogP contribution in [-0.2, 0) is 10.9 Å². The maximum atomic E-state index is 13.1. The molecule has 100 valence electrons. The van der Waals surface area contributed by atoms with Gasteiger partial charge in [0.05, 0.1) is 11.7 Å². The molecule has 1 aliphatic heterocycles. The van der Waals surface area contributed by atoms with Crippen molar-refractivity contribution in [1.29, 1.82) is 0 Å². The Balaban J connectivity index is 2.29. The van der Waals surface area contributed by atoms with Crippen LogP contribution in [0.15, 0.2) is 18.2 Å². The molecule has 0 aromatic heterocycles. The molecule has 0 saturated carbocycles. The Bertz CT molecular complexity index is 433. The van der Waals surface area contributed by atoms with E-state index < -0.39 is 23.7 Å². The van der Waals surface area contributed by atoms with Crippen LogP contribution < -0.4 is 5.73 Å². The average Bonchev–Trinajstić information content (AvgIpc) is 2.28. The molecule has 6 heteroatoms. The third-order valence-corrected chi connectivity index (χ3v) is 2.99. The summed E-state index contributed by atoms with van der Waals surface area (Å²) in [5.41, 5.74) is 4.80. The van der Waals surface area contributed by atoms with Gasteiger partial charge in [-0.1, -0.05) is 6.07 Å². The highest BCUT2D eigenvalue weighted by Crippen LogP contribution is 2.35. The molecule has 18 heavy (non-hydrogen) atoms. The molecular formula is C12H13F4NO. The molecule has 0 bridgehead atoms. The minimum Gasteiger partial charge on any atom is -0.373 e. The molecule has 2 atom stereocenters. The molecule has 2 unspecified atom stereocenters. The second-order valence-corrected chi connectivity index (χ2v) is 4.38. The van der Waals surface area contributed by atoms with Crippen LogP contribution in [0.3, 0.4) is 0 Å². The van der Waals surface area contributed by atoms with Crippen LogP contribution in [0.25, 0.3) is 0 Å². The minimum atomic E-state index is -4.70. The number of benzene rings is 1. The van der Waals surface area contributed by atoms with Crippen LogP contribution >= 0.6 is 0 Å². The van der Waals surface area contributed by atoms with Crippen LogP contribution in [-0.4, -0.2) is 12.6 Å². The Hall–Kier alpha value is -1.14. The summed E-state index contributed by atoms with van der Waals surface area (Å²) >= 11 is 0. The fourth-order valence-corrected chi connectivity index (χ4v) is 2.02. The predicted octanol–water partition coefficient (Wildman–Crippen LogP) is 3.02. The topological polar surface area (TPSA) is 35.2 Å². The van der Waals surface area contributed by atoms with Crippen LogP contribution in [0.1, 0.15) is 30.1 Å². The molecular weight excluding hydrogens is 250 g/mol. The molecule has 1 heterocycles. The van der Waals surface area contributed by atoms with Gasteiger partial charge in [0.25, 0.3) is 0 Å². The minimum absolute atomic E-state index is 0.0943. The summed E-state index contributed by atoms with van der Waals surface area (Å²) in [5, 5.41) is 0. The van der Waals surface area contributed by atoms with Gasteiger partial charge in [0, 0.05) is 12.6 Å². The van der Waals surface area contributed by atoms with Gasteiger partial charge in [-0.3, -0.25) is 0 Å². The van der Waals surface area contributed by atoms with Gasteiger partial charge in [0.15, 0.2) is 0 Å². The standard InChI is InChI=1S/C12H13F4NO/c13-10-2-1-7(5-9(10)12(14,15)16)11-6-8(17)3-4-18-11/h1-2,5,8,11H,3-4,6,17H2. The number of hydrogen-bond acceptors (Lipinski definition) is 2. The molecule has 1 aromatic rings. The third kappa shape index (κ3) is 2.81. The van der Waals surface area contributed by atoms with Gasteiger partial charge in [0.1, 0.15) is 5.82 Å². The molecule has 0 amide bonds. The number of rotatable bonds is 1. The van der Waals surface area contributed by atoms with E-state index >= 15 is 0 Å². The predicted molar refractivity (Wildman–Crippen MR) is 57.3 cm³/mol. The first kappa shape index (κ1) is 13.3. The number of halogens is 4. The van der Waals surface area contributed by atoms with Crippen molar-refractivity contribution in [1.82, 2.24) is 0 Å². The molecule has 0 radical (unpaired) electrons. The summed E-state index contributed by atoms with van der Waals surface area (Å²) in [6, 6.07) is 2.84. The van der Waals surface area contributed by atoms with Gasteiger partial charge in [0.2, 0.25) is 0 Å². The molecule has 2 rings (SSSR count). The van der Waals surface area contributed by atoms with Crippen molar-refractivity contribution in [3.8, 4) is 0 Å². The molecule has 1 saturated heterocycles. The molecule has 2 N–H and O–H groups in total. The van der Waals surface area contributed by atoms with E-state index in [1.807, 2.05) is 0 Å². The molecule has 0 spiro atoms. The average molecular weight is 263 g/mol. The van der Waals surface area contributed by atoms with Crippen LogP contribution in [0.4, 0.5) is 17.6 Å². The summed E-state index contributed by atoms with van der Waals surface area (Å²) in [5.74, 6) is -1.27. The lowest BCUT2D eigenvalue weighted by Gasteiger charge is -2.28. The van der Waals surface area contributed by atoms with Crippen molar-refractivity contribution in [2.24, 2.45) is 5.73 Å². The summed E-state index contributed by atoms with van der Waals surface area (Å²) in [4.78, 5) is 0. The quantitative estimate of drug-likeness (QED) is 0.790. The second kappa shape index (κ2) is 4.85. The van der Waals surface area contributed by atoms with E-state index in [9.17, 15) is 17.6 Å². The first-order valence-corrected chi connectivity index (χ1v) is 5.62. The van der Waals surface area contributed by atoms with Crippen molar-refractivity contribution in [2.75, 3.05) is 6.61 Å². The van der Waals surface area contributed by atoms with Crippen molar-refractivity contribution < 1.29 is 22.3 Å². The largest absolute Gasteiger partial charge is 0.419 e. The van der Waals surface area contributed by atoms with Crippen molar-refractivity contribution in [3.05, 3.63) is 35.1 Å². The second-order valence-electron chi connectivity index (χ2n) is 4.38. The fraction of sp³-hybridized carbons (Fsp3) is 0.500. The summed E-state index contributed by atoms with van der Waals surface area (Å²) in [7, 11) is 0. The number of nitrogens with two attached hydrogens (primary N) is 1. The lowest BCUT2D eigenvalue weighted by atomic mass is 9.96. The van der Waals surface area contributed by atoms with E-state index in [-0.39, 0.29) is 6.04 Å². The van der Waals surface area contributed by atoms with Crippen LogP contribution in [0.5, 0.6) is 0 Å². The zero-order valence-electron chi connectivity index (χ0n) is 9.51. The van der Waals surface area contributed by atoms with Gasteiger partial charge >= 0.3 is 6.18 Å². The smallest absolute Gasteiger partial charge is 0.373 e. The maximum Gasteiger partial charge on any atom is 0.419 e. The van der Waals surface area contributed by atoms with E-state index in [4.69, 9.17) is 10.5 Å².